The van der Waals surface area contributed by atoms with Gasteiger partial charge in [-0.2, -0.15) is 0 Å². The van der Waals surface area contributed by atoms with E-state index in [1.807, 2.05) is 31.5 Å². The van der Waals surface area contributed by atoms with Crippen molar-refractivity contribution >= 4 is 18.1 Å². The second-order valence-electron chi connectivity index (χ2n) is 3.44. The molecule has 0 saturated carbocycles. The lowest BCUT2D eigenvalue weighted by atomic mass is 10.2. The molecule has 0 aliphatic rings. The molecule has 0 atom stereocenters. The van der Waals surface area contributed by atoms with Crippen molar-refractivity contribution < 1.29 is 0 Å². The number of hydrogen-bond acceptors (Lipinski definition) is 3. The number of hydrazine groups is 1. The highest BCUT2D eigenvalue weighted by Gasteiger charge is 1.98. The highest BCUT2D eigenvalue weighted by atomic mass is 35.5. The third-order valence-corrected chi connectivity index (χ3v) is 2.40. The van der Waals surface area contributed by atoms with Crippen LogP contribution in [-0.2, 0) is 6.54 Å². The normalized spacial score (nSPS) is 9.62. The van der Waals surface area contributed by atoms with Crippen molar-refractivity contribution in [3.8, 4) is 0 Å². The number of nitrogens with zero attached hydrogens (tertiary/aromatic N) is 2. The number of imidazole rings is 1. The molecule has 16 heavy (non-hydrogen) atoms. The molecular formula is C11H15ClN4. The average Bonchev–Trinajstić information content (AvgIpc) is 2.66. The fourth-order valence-corrected chi connectivity index (χ4v) is 1.47. The Labute approximate surface area is 101 Å². The van der Waals surface area contributed by atoms with Crippen LogP contribution in [0.25, 0.3) is 0 Å². The highest BCUT2D eigenvalue weighted by molar-refractivity contribution is 5.85. The van der Waals surface area contributed by atoms with E-state index < -0.39 is 0 Å². The maximum absolute atomic E-state index is 5.29. The molecule has 3 N–H and O–H groups in total. The molecule has 0 radical (unpaired) electrons. The first kappa shape index (κ1) is 12.5. The quantitative estimate of drug-likeness (QED) is 0.635. The number of hydrogen-bond donors (Lipinski definition) is 2. The lowest BCUT2D eigenvalue weighted by Crippen LogP contribution is -2.06. The smallest absolute Gasteiger partial charge is 0.105 e. The topological polar surface area (TPSA) is 55.9 Å². The van der Waals surface area contributed by atoms with E-state index in [1.165, 1.54) is 5.56 Å². The molecule has 2 rings (SSSR count). The van der Waals surface area contributed by atoms with Gasteiger partial charge in [0, 0.05) is 24.6 Å². The van der Waals surface area contributed by atoms with Crippen LogP contribution < -0.4 is 11.3 Å². The Bertz CT molecular complexity index is 436. The summed E-state index contributed by atoms with van der Waals surface area (Å²) in [6, 6.07) is 8.02. The molecule has 0 spiro atoms. The molecule has 1 aromatic heterocycles. The summed E-state index contributed by atoms with van der Waals surface area (Å²) in [6.45, 7) is 2.84. The Hall–Kier alpha value is -1.52. The predicted octanol–water partition coefficient (Wildman–Crippen LogP) is 1.95. The van der Waals surface area contributed by atoms with Crippen LogP contribution >= 0.6 is 12.4 Å². The van der Waals surface area contributed by atoms with Gasteiger partial charge in [0.15, 0.2) is 0 Å². The van der Waals surface area contributed by atoms with Gasteiger partial charge in [-0.1, -0.05) is 12.1 Å². The van der Waals surface area contributed by atoms with E-state index in [0.29, 0.717) is 0 Å². The molecule has 0 saturated heterocycles. The van der Waals surface area contributed by atoms with Crippen molar-refractivity contribution in [2.45, 2.75) is 13.5 Å². The van der Waals surface area contributed by atoms with Gasteiger partial charge in [0.05, 0.1) is 0 Å². The van der Waals surface area contributed by atoms with E-state index in [-0.39, 0.29) is 12.4 Å². The fraction of sp³-hybridized carbons (Fsp3) is 0.182. The van der Waals surface area contributed by atoms with E-state index in [9.17, 15) is 0 Å². The van der Waals surface area contributed by atoms with Crippen molar-refractivity contribution in [1.29, 1.82) is 0 Å². The van der Waals surface area contributed by atoms with Crippen molar-refractivity contribution in [2.24, 2.45) is 5.84 Å². The Morgan fingerprint density at radius 3 is 2.50 bits per heavy atom. The molecule has 0 unspecified atom stereocenters. The maximum Gasteiger partial charge on any atom is 0.105 e. The second-order valence-corrected chi connectivity index (χ2v) is 3.44. The molecule has 4 nitrogen and oxygen atoms in total. The number of nitrogens with one attached hydrogen (secondary N) is 1. The number of halogens is 1. The zero-order valence-corrected chi connectivity index (χ0v) is 9.87. The summed E-state index contributed by atoms with van der Waals surface area (Å²) < 4.78 is 2.10. The SMILES string of the molecule is Cc1nccn1Cc1ccc(NN)cc1.Cl. The van der Waals surface area contributed by atoms with Crippen LogP contribution in [0.3, 0.4) is 0 Å². The van der Waals surface area contributed by atoms with Crippen LogP contribution in [0.5, 0.6) is 0 Å². The van der Waals surface area contributed by atoms with Crippen molar-refractivity contribution in [2.75, 3.05) is 5.43 Å². The first-order valence-electron chi connectivity index (χ1n) is 4.83. The molecule has 0 bridgehead atoms. The Kier molecular flexibility index (Phi) is 4.34. The Balaban J connectivity index is 0.00000128. The Morgan fingerprint density at radius 2 is 2.00 bits per heavy atom. The Morgan fingerprint density at radius 1 is 1.31 bits per heavy atom. The van der Waals surface area contributed by atoms with Crippen LogP contribution in [0.1, 0.15) is 11.4 Å². The number of benzene rings is 1. The third kappa shape index (κ3) is 2.74. The number of anilines is 1. The minimum absolute atomic E-state index is 0. The van der Waals surface area contributed by atoms with Crippen molar-refractivity contribution in [3.05, 3.63) is 48.0 Å². The van der Waals surface area contributed by atoms with Crippen LogP contribution in [-0.4, -0.2) is 9.55 Å². The van der Waals surface area contributed by atoms with E-state index in [1.54, 1.807) is 0 Å². The van der Waals surface area contributed by atoms with Crippen LogP contribution in [0.15, 0.2) is 36.7 Å². The molecule has 2 aromatic rings. The van der Waals surface area contributed by atoms with E-state index in [4.69, 9.17) is 5.84 Å². The third-order valence-electron chi connectivity index (χ3n) is 2.40. The predicted molar refractivity (Wildman–Crippen MR) is 67.6 cm³/mol. The number of rotatable bonds is 3. The molecule has 5 heteroatoms. The van der Waals surface area contributed by atoms with Gasteiger partial charge in [0.1, 0.15) is 5.82 Å². The van der Waals surface area contributed by atoms with Gasteiger partial charge in [0.2, 0.25) is 0 Å². The minimum atomic E-state index is 0. The van der Waals surface area contributed by atoms with Gasteiger partial charge in [0.25, 0.3) is 0 Å². The van der Waals surface area contributed by atoms with Crippen LogP contribution in [0.2, 0.25) is 0 Å². The van der Waals surface area contributed by atoms with Crippen LogP contribution in [0.4, 0.5) is 5.69 Å². The van der Waals surface area contributed by atoms with Crippen molar-refractivity contribution in [3.63, 3.8) is 0 Å². The van der Waals surface area contributed by atoms with E-state index in [2.05, 4.69) is 27.1 Å². The summed E-state index contributed by atoms with van der Waals surface area (Å²) in [4.78, 5) is 4.18. The lowest BCUT2D eigenvalue weighted by Gasteiger charge is -2.06. The molecule has 1 aromatic carbocycles. The molecule has 0 amide bonds. The molecule has 0 fully saturated rings. The first-order valence-corrected chi connectivity index (χ1v) is 4.83. The molecule has 0 aliphatic carbocycles. The molecule has 1 heterocycles. The number of nitrogen functional groups attached to an aromatic ring is 1. The lowest BCUT2D eigenvalue weighted by molar-refractivity contribution is 0.762. The van der Waals surface area contributed by atoms with Gasteiger partial charge in [-0.15, -0.1) is 12.4 Å². The summed E-state index contributed by atoms with van der Waals surface area (Å²) in [7, 11) is 0. The van der Waals surface area contributed by atoms with Gasteiger partial charge < -0.3 is 9.99 Å². The summed E-state index contributed by atoms with van der Waals surface area (Å²) in [6.07, 6.45) is 3.79. The van der Waals surface area contributed by atoms with E-state index in [0.717, 1.165) is 18.1 Å². The summed E-state index contributed by atoms with van der Waals surface area (Å²) >= 11 is 0. The second kappa shape index (κ2) is 5.53. The maximum atomic E-state index is 5.29. The average molecular weight is 239 g/mol. The standard InChI is InChI=1S/C11H14N4.ClH/c1-9-13-6-7-15(9)8-10-2-4-11(14-12)5-3-10;/h2-7,14H,8,12H2,1H3;1H. The first-order chi connectivity index (χ1) is 7.29. The van der Waals surface area contributed by atoms with E-state index >= 15 is 0 Å². The van der Waals surface area contributed by atoms with Gasteiger partial charge in [-0.3, -0.25) is 5.84 Å². The molecular weight excluding hydrogens is 224 g/mol. The number of nitrogens with two attached hydrogens (primary N) is 1. The monoisotopic (exact) mass is 238 g/mol. The fourth-order valence-electron chi connectivity index (χ4n) is 1.47. The zero-order chi connectivity index (χ0) is 10.7. The largest absolute Gasteiger partial charge is 0.331 e. The van der Waals surface area contributed by atoms with Gasteiger partial charge in [-0.05, 0) is 24.6 Å². The molecule has 0 aliphatic heterocycles. The van der Waals surface area contributed by atoms with Gasteiger partial charge in [-0.25, -0.2) is 4.98 Å². The summed E-state index contributed by atoms with van der Waals surface area (Å²) in [5.74, 6) is 6.32. The molecule has 86 valence electrons. The number of aryl methyl sites for hydroxylation is 1. The highest BCUT2D eigenvalue weighted by Crippen LogP contribution is 2.10. The van der Waals surface area contributed by atoms with Crippen molar-refractivity contribution in [1.82, 2.24) is 9.55 Å². The van der Waals surface area contributed by atoms with Crippen LogP contribution in [0, 0.1) is 6.92 Å². The summed E-state index contributed by atoms with van der Waals surface area (Å²) in [5.41, 5.74) is 4.75. The summed E-state index contributed by atoms with van der Waals surface area (Å²) in [5, 5.41) is 0. The van der Waals surface area contributed by atoms with Gasteiger partial charge >= 0.3 is 0 Å². The zero-order valence-electron chi connectivity index (χ0n) is 9.05. The minimum Gasteiger partial charge on any atom is -0.331 e. The number of aromatic nitrogens is 2.